The van der Waals surface area contributed by atoms with Gasteiger partial charge in [0.15, 0.2) is 6.04 Å². The van der Waals surface area contributed by atoms with Crippen molar-refractivity contribution >= 4 is 23.2 Å². The van der Waals surface area contributed by atoms with Crippen LogP contribution in [0.1, 0.15) is 24.1 Å². The zero-order valence-corrected chi connectivity index (χ0v) is 9.77. The number of rotatable bonds is 1. The van der Waals surface area contributed by atoms with Crippen LogP contribution in [-0.4, -0.2) is 18.4 Å². The topological polar surface area (TPSA) is 78.8 Å². The van der Waals surface area contributed by atoms with Gasteiger partial charge < -0.3 is 10.2 Å². The highest BCUT2D eigenvalue weighted by atomic mass is 16.3. The Bertz CT molecular complexity index is 582. The molecule has 0 aliphatic carbocycles. The number of nitroso groups, excluding NO2 is 1. The number of carbonyl (C=O) groups excluding carboxylic acids is 2. The molecule has 0 saturated carbocycles. The van der Waals surface area contributed by atoms with Crippen molar-refractivity contribution in [3.63, 3.8) is 0 Å². The number of nitrogens with one attached hydrogen (secondary N) is 1. The molecule has 2 aliphatic rings. The fraction of sp³-hybridized carbons (Fsp3) is 0.333. The maximum atomic E-state index is 11.6. The van der Waals surface area contributed by atoms with Gasteiger partial charge in [-0.2, -0.15) is 0 Å². The van der Waals surface area contributed by atoms with Crippen molar-refractivity contribution < 1.29 is 9.59 Å². The molecule has 0 saturated heterocycles. The van der Waals surface area contributed by atoms with Gasteiger partial charge in [0.2, 0.25) is 5.91 Å². The zero-order chi connectivity index (χ0) is 12.9. The molecule has 0 aromatic heterocycles. The minimum absolute atomic E-state index is 0.0705. The summed E-state index contributed by atoms with van der Waals surface area (Å²) >= 11 is 0. The minimum Gasteiger partial charge on any atom is -0.322 e. The second-order valence-corrected chi connectivity index (χ2v) is 4.46. The molecule has 18 heavy (non-hydrogen) atoms. The van der Waals surface area contributed by atoms with Crippen LogP contribution in [0.4, 0.5) is 11.4 Å². The van der Waals surface area contributed by atoms with Gasteiger partial charge in [0, 0.05) is 19.0 Å². The van der Waals surface area contributed by atoms with Gasteiger partial charge in [-0.25, -0.2) is 0 Å². The van der Waals surface area contributed by atoms with Crippen molar-refractivity contribution in [3.8, 4) is 0 Å². The summed E-state index contributed by atoms with van der Waals surface area (Å²) in [5.41, 5.74) is 2.85. The Kier molecular flexibility index (Phi) is 2.19. The second kappa shape index (κ2) is 3.63. The first-order valence-electron chi connectivity index (χ1n) is 5.70. The predicted octanol–water partition coefficient (Wildman–Crippen LogP) is 1.36. The Hall–Kier alpha value is -2.24. The van der Waals surface area contributed by atoms with Gasteiger partial charge in [-0.15, -0.1) is 4.91 Å². The maximum absolute atomic E-state index is 11.6. The van der Waals surface area contributed by atoms with Gasteiger partial charge in [0.25, 0.3) is 5.91 Å². The van der Waals surface area contributed by atoms with E-state index in [2.05, 4.69) is 10.5 Å². The Morgan fingerprint density at radius 2 is 2.28 bits per heavy atom. The average molecular weight is 245 g/mol. The van der Waals surface area contributed by atoms with E-state index in [1.54, 1.807) is 11.0 Å². The van der Waals surface area contributed by atoms with Gasteiger partial charge in [-0.3, -0.25) is 9.59 Å². The van der Waals surface area contributed by atoms with Crippen LogP contribution in [0.5, 0.6) is 0 Å². The van der Waals surface area contributed by atoms with Crippen molar-refractivity contribution in [2.75, 3.05) is 16.8 Å². The molecule has 1 unspecified atom stereocenters. The van der Waals surface area contributed by atoms with Crippen LogP contribution in [0, 0.1) is 4.91 Å². The molecular weight excluding hydrogens is 234 g/mol. The molecule has 6 nitrogen and oxygen atoms in total. The number of anilines is 2. The Labute approximate surface area is 103 Å². The number of amides is 2. The number of nitrogens with zero attached hydrogens (tertiary/aromatic N) is 2. The zero-order valence-electron chi connectivity index (χ0n) is 9.77. The molecule has 2 heterocycles. The summed E-state index contributed by atoms with van der Waals surface area (Å²) in [5, 5.41) is 5.50. The molecule has 2 aliphatic heterocycles. The number of fused-ring (bicyclic) bond motifs is 3. The normalized spacial score (nSPS) is 20.4. The first kappa shape index (κ1) is 10.9. The monoisotopic (exact) mass is 245 g/mol. The third-order valence-corrected chi connectivity index (χ3v) is 3.45. The third-order valence-electron chi connectivity index (χ3n) is 3.45. The first-order chi connectivity index (χ1) is 8.63. The first-order valence-corrected chi connectivity index (χ1v) is 5.70. The number of benzene rings is 1. The molecule has 1 atom stereocenters. The summed E-state index contributed by atoms with van der Waals surface area (Å²) in [6.45, 7) is 2.09. The molecule has 1 aromatic carbocycles. The van der Waals surface area contributed by atoms with Crippen molar-refractivity contribution in [1.82, 2.24) is 0 Å². The highest BCUT2D eigenvalue weighted by molar-refractivity contribution is 6.09. The van der Waals surface area contributed by atoms with Crippen molar-refractivity contribution in [2.24, 2.45) is 5.18 Å². The van der Waals surface area contributed by atoms with E-state index in [1.165, 1.54) is 6.92 Å². The van der Waals surface area contributed by atoms with Gasteiger partial charge in [0.1, 0.15) is 0 Å². The maximum Gasteiger partial charge on any atom is 0.257 e. The molecule has 1 aromatic rings. The largest absolute Gasteiger partial charge is 0.322 e. The van der Waals surface area contributed by atoms with Crippen molar-refractivity contribution in [1.29, 1.82) is 0 Å². The summed E-state index contributed by atoms with van der Waals surface area (Å²) in [5.74, 6) is -0.497. The van der Waals surface area contributed by atoms with Gasteiger partial charge in [-0.1, -0.05) is 17.3 Å². The molecule has 1 N–H and O–H groups in total. The lowest BCUT2D eigenvalue weighted by Crippen LogP contribution is -2.26. The number of carbonyl (C=O) groups is 2. The Morgan fingerprint density at radius 3 is 2.94 bits per heavy atom. The van der Waals surface area contributed by atoms with E-state index in [1.807, 2.05) is 6.07 Å². The number of hydrogen-bond acceptors (Lipinski definition) is 4. The molecular formula is C12H11N3O3. The Morgan fingerprint density at radius 1 is 1.50 bits per heavy atom. The minimum atomic E-state index is -1.00. The standard InChI is InChI=1S/C12H11N3O3/c1-6(16)15-5-4-7-2-3-8-9(11(7)15)13-12(17)10(8)14-18/h2-3,10H,4-5H2,1H3,(H,13,17). The summed E-state index contributed by atoms with van der Waals surface area (Å²) in [6.07, 6.45) is 0.761. The molecule has 0 radical (unpaired) electrons. The third kappa shape index (κ3) is 1.28. The highest BCUT2D eigenvalue weighted by Gasteiger charge is 2.37. The SMILES string of the molecule is CC(=O)N1CCc2ccc3c(c21)NC(=O)C3N=O. The van der Waals surface area contributed by atoms with E-state index >= 15 is 0 Å². The van der Waals surface area contributed by atoms with Crippen LogP contribution in [0.25, 0.3) is 0 Å². The molecule has 6 heteroatoms. The summed E-state index contributed by atoms with van der Waals surface area (Å²) in [6, 6.07) is 2.59. The molecule has 0 spiro atoms. The van der Waals surface area contributed by atoms with Crippen LogP contribution in [0.3, 0.4) is 0 Å². The average Bonchev–Trinajstić information content (AvgIpc) is 2.87. The molecule has 3 rings (SSSR count). The van der Waals surface area contributed by atoms with Gasteiger partial charge in [0.05, 0.1) is 11.4 Å². The lowest BCUT2D eigenvalue weighted by atomic mass is 10.0. The van der Waals surface area contributed by atoms with Crippen LogP contribution >= 0.6 is 0 Å². The van der Waals surface area contributed by atoms with E-state index in [-0.39, 0.29) is 5.91 Å². The quantitative estimate of drug-likeness (QED) is 0.758. The van der Waals surface area contributed by atoms with Gasteiger partial charge >= 0.3 is 0 Å². The highest BCUT2D eigenvalue weighted by Crippen LogP contribution is 2.44. The van der Waals surface area contributed by atoms with E-state index < -0.39 is 11.9 Å². The van der Waals surface area contributed by atoms with Crippen LogP contribution < -0.4 is 10.2 Å². The Balaban J connectivity index is 2.19. The van der Waals surface area contributed by atoms with E-state index in [0.717, 1.165) is 17.7 Å². The van der Waals surface area contributed by atoms with E-state index in [9.17, 15) is 14.5 Å². The van der Waals surface area contributed by atoms with Gasteiger partial charge in [-0.05, 0) is 12.0 Å². The predicted molar refractivity (Wildman–Crippen MR) is 65.3 cm³/mol. The fourth-order valence-corrected chi connectivity index (χ4v) is 2.62. The van der Waals surface area contributed by atoms with Crippen LogP contribution in [0.2, 0.25) is 0 Å². The van der Waals surface area contributed by atoms with Crippen molar-refractivity contribution in [2.45, 2.75) is 19.4 Å². The lowest BCUT2D eigenvalue weighted by Gasteiger charge is -2.17. The lowest BCUT2D eigenvalue weighted by molar-refractivity contribution is -0.117. The van der Waals surface area contributed by atoms with E-state index in [0.29, 0.717) is 17.8 Å². The molecule has 2 amide bonds. The summed E-state index contributed by atoms with van der Waals surface area (Å²) in [7, 11) is 0. The van der Waals surface area contributed by atoms with Crippen molar-refractivity contribution in [3.05, 3.63) is 28.2 Å². The molecule has 92 valence electrons. The van der Waals surface area contributed by atoms with E-state index in [4.69, 9.17) is 0 Å². The summed E-state index contributed by atoms with van der Waals surface area (Å²) < 4.78 is 0. The number of hydrogen-bond donors (Lipinski definition) is 1. The van der Waals surface area contributed by atoms with Crippen LogP contribution in [-0.2, 0) is 16.0 Å². The fourth-order valence-electron chi connectivity index (χ4n) is 2.62. The summed E-state index contributed by atoms with van der Waals surface area (Å²) in [4.78, 5) is 35.5. The van der Waals surface area contributed by atoms with Crippen LogP contribution in [0.15, 0.2) is 17.3 Å². The molecule has 0 bridgehead atoms. The second-order valence-electron chi connectivity index (χ2n) is 4.46. The molecule has 0 fully saturated rings. The smallest absolute Gasteiger partial charge is 0.257 e.